The molecule has 0 atom stereocenters. The molecule has 2 rings (SSSR count). The van der Waals surface area contributed by atoms with Crippen molar-refractivity contribution in [3.05, 3.63) is 36.4 Å². The van der Waals surface area contributed by atoms with Gasteiger partial charge in [0.2, 0.25) is 0 Å². The first-order valence-electron chi connectivity index (χ1n) is 4.18. The van der Waals surface area contributed by atoms with Crippen molar-refractivity contribution in [2.75, 3.05) is 0 Å². The Balaban J connectivity index is 2.96. The monoisotopic (exact) mass is 240 g/mol. The molecule has 2 aromatic rings. The standard InChI is InChI=1S/C10H8O3S2/c11-15(12,13)10-6-8(14)5-7-3-1-2-4-9(7)10/h1-6,14H,(H,11,12,13). The highest BCUT2D eigenvalue weighted by Crippen LogP contribution is 2.26. The maximum atomic E-state index is 11.1. The fraction of sp³-hybridized carbons (Fsp3) is 0. The second-order valence-electron chi connectivity index (χ2n) is 3.14. The Morgan fingerprint density at radius 1 is 1.13 bits per heavy atom. The van der Waals surface area contributed by atoms with Crippen molar-refractivity contribution >= 4 is 33.5 Å². The van der Waals surface area contributed by atoms with Crippen molar-refractivity contribution in [1.29, 1.82) is 0 Å². The highest BCUT2D eigenvalue weighted by Gasteiger charge is 2.14. The summed E-state index contributed by atoms with van der Waals surface area (Å²) in [6, 6.07) is 10.0. The summed E-state index contributed by atoms with van der Waals surface area (Å²) < 4.78 is 31.3. The molecule has 0 aliphatic carbocycles. The number of hydrogen-bond donors (Lipinski definition) is 2. The van der Waals surface area contributed by atoms with E-state index in [2.05, 4.69) is 12.6 Å². The Bertz CT molecular complexity index is 618. The first-order chi connectivity index (χ1) is 6.98. The molecule has 0 amide bonds. The van der Waals surface area contributed by atoms with Gasteiger partial charge in [-0.25, -0.2) is 0 Å². The lowest BCUT2D eigenvalue weighted by atomic mass is 10.1. The molecular formula is C10H8O3S2. The molecule has 0 saturated carbocycles. The van der Waals surface area contributed by atoms with Gasteiger partial charge < -0.3 is 0 Å². The molecule has 0 unspecified atom stereocenters. The van der Waals surface area contributed by atoms with Gasteiger partial charge in [-0.05, 0) is 17.5 Å². The van der Waals surface area contributed by atoms with Gasteiger partial charge in [-0.15, -0.1) is 12.6 Å². The van der Waals surface area contributed by atoms with Crippen LogP contribution in [0.1, 0.15) is 0 Å². The van der Waals surface area contributed by atoms with E-state index in [0.29, 0.717) is 10.3 Å². The second-order valence-corrected chi connectivity index (χ2v) is 5.05. The van der Waals surface area contributed by atoms with E-state index in [1.165, 1.54) is 6.07 Å². The van der Waals surface area contributed by atoms with Crippen LogP contribution in [0.15, 0.2) is 46.2 Å². The summed E-state index contributed by atoms with van der Waals surface area (Å²) in [5.74, 6) is 0. The number of rotatable bonds is 1. The fourth-order valence-electron chi connectivity index (χ4n) is 1.47. The molecule has 1 N–H and O–H groups in total. The van der Waals surface area contributed by atoms with Crippen molar-refractivity contribution < 1.29 is 13.0 Å². The van der Waals surface area contributed by atoms with E-state index in [0.717, 1.165) is 5.39 Å². The molecule has 2 aromatic carbocycles. The zero-order valence-electron chi connectivity index (χ0n) is 7.58. The van der Waals surface area contributed by atoms with E-state index >= 15 is 0 Å². The van der Waals surface area contributed by atoms with Crippen LogP contribution in [0.25, 0.3) is 10.8 Å². The zero-order chi connectivity index (χ0) is 11.1. The summed E-state index contributed by atoms with van der Waals surface area (Å²) in [4.78, 5) is 0.395. The van der Waals surface area contributed by atoms with E-state index in [9.17, 15) is 8.42 Å². The molecule has 0 spiro atoms. The van der Waals surface area contributed by atoms with Gasteiger partial charge in [0.05, 0.1) is 0 Å². The summed E-state index contributed by atoms with van der Waals surface area (Å²) in [7, 11) is -4.20. The maximum Gasteiger partial charge on any atom is 0.295 e. The largest absolute Gasteiger partial charge is 0.295 e. The Morgan fingerprint density at radius 2 is 1.80 bits per heavy atom. The number of hydrogen-bond acceptors (Lipinski definition) is 3. The number of fused-ring (bicyclic) bond motifs is 1. The molecule has 3 nitrogen and oxygen atoms in total. The van der Waals surface area contributed by atoms with E-state index < -0.39 is 10.1 Å². The van der Waals surface area contributed by atoms with Gasteiger partial charge in [-0.1, -0.05) is 24.3 Å². The third kappa shape index (κ3) is 1.99. The zero-order valence-corrected chi connectivity index (χ0v) is 9.29. The van der Waals surface area contributed by atoms with E-state index in [-0.39, 0.29) is 4.90 Å². The van der Waals surface area contributed by atoms with Crippen LogP contribution < -0.4 is 0 Å². The summed E-state index contributed by atoms with van der Waals surface area (Å²) in [5, 5.41) is 1.23. The lowest BCUT2D eigenvalue weighted by Gasteiger charge is -2.04. The predicted molar refractivity (Wildman–Crippen MR) is 61.0 cm³/mol. The Labute approximate surface area is 92.9 Å². The summed E-state index contributed by atoms with van der Waals surface area (Å²) in [5.41, 5.74) is 0. The van der Waals surface area contributed by atoms with Gasteiger partial charge >= 0.3 is 0 Å². The van der Waals surface area contributed by atoms with Gasteiger partial charge in [0.25, 0.3) is 10.1 Å². The van der Waals surface area contributed by atoms with Gasteiger partial charge in [0, 0.05) is 10.3 Å². The van der Waals surface area contributed by atoms with Crippen LogP contribution in [-0.2, 0) is 10.1 Å². The van der Waals surface area contributed by atoms with E-state index in [1.54, 1.807) is 30.3 Å². The SMILES string of the molecule is O=S(=O)(O)c1cc(S)cc2ccccc12. The van der Waals surface area contributed by atoms with Crippen molar-refractivity contribution in [2.24, 2.45) is 0 Å². The Kier molecular flexibility index (Phi) is 2.46. The topological polar surface area (TPSA) is 54.4 Å². The molecule has 0 aromatic heterocycles. The normalized spacial score (nSPS) is 11.9. The van der Waals surface area contributed by atoms with E-state index in [1.807, 2.05) is 0 Å². The van der Waals surface area contributed by atoms with Crippen LogP contribution in [0.5, 0.6) is 0 Å². The highest BCUT2D eigenvalue weighted by molar-refractivity contribution is 7.86. The van der Waals surface area contributed by atoms with Gasteiger partial charge in [-0.2, -0.15) is 8.42 Å². The van der Waals surface area contributed by atoms with Crippen LogP contribution in [-0.4, -0.2) is 13.0 Å². The third-order valence-corrected chi connectivity index (χ3v) is 3.24. The van der Waals surface area contributed by atoms with Crippen LogP contribution in [0, 0.1) is 0 Å². The van der Waals surface area contributed by atoms with Crippen molar-refractivity contribution in [2.45, 2.75) is 9.79 Å². The van der Waals surface area contributed by atoms with Crippen LogP contribution >= 0.6 is 12.6 Å². The lowest BCUT2D eigenvalue weighted by molar-refractivity contribution is 0.484. The molecule has 78 valence electrons. The molecule has 15 heavy (non-hydrogen) atoms. The molecule has 5 heteroatoms. The average Bonchev–Trinajstić information content (AvgIpc) is 2.15. The minimum absolute atomic E-state index is 0.106. The van der Waals surface area contributed by atoms with Crippen molar-refractivity contribution in [3.63, 3.8) is 0 Å². The first kappa shape index (κ1) is 10.5. The summed E-state index contributed by atoms with van der Waals surface area (Å²) in [6.07, 6.45) is 0. The molecule has 0 aliphatic heterocycles. The first-order valence-corrected chi connectivity index (χ1v) is 6.06. The van der Waals surface area contributed by atoms with Gasteiger partial charge in [0.15, 0.2) is 0 Å². The molecule has 0 saturated heterocycles. The Morgan fingerprint density at radius 3 is 2.47 bits per heavy atom. The summed E-state index contributed by atoms with van der Waals surface area (Å²) >= 11 is 4.09. The minimum atomic E-state index is -4.20. The van der Waals surface area contributed by atoms with Crippen LogP contribution in [0.2, 0.25) is 0 Å². The molecule has 0 aliphatic rings. The maximum absolute atomic E-state index is 11.1. The van der Waals surface area contributed by atoms with Crippen LogP contribution in [0.4, 0.5) is 0 Å². The summed E-state index contributed by atoms with van der Waals surface area (Å²) in [6.45, 7) is 0. The number of benzene rings is 2. The highest BCUT2D eigenvalue weighted by atomic mass is 32.2. The quantitative estimate of drug-likeness (QED) is 0.594. The molecule has 0 radical (unpaired) electrons. The molecule has 0 fully saturated rings. The molecular weight excluding hydrogens is 232 g/mol. The van der Waals surface area contributed by atoms with Crippen molar-refractivity contribution in [1.82, 2.24) is 0 Å². The minimum Gasteiger partial charge on any atom is -0.282 e. The fourth-order valence-corrected chi connectivity index (χ4v) is 2.57. The molecule has 0 heterocycles. The van der Waals surface area contributed by atoms with Gasteiger partial charge in [-0.3, -0.25) is 4.55 Å². The van der Waals surface area contributed by atoms with Gasteiger partial charge in [0.1, 0.15) is 4.90 Å². The smallest absolute Gasteiger partial charge is 0.282 e. The average molecular weight is 240 g/mol. The van der Waals surface area contributed by atoms with Crippen molar-refractivity contribution in [3.8, 4) is 0 Å². The second kappa shape index (κ2) is 3.52. The predicted octanol–water partition coefficient (Wildman–Crippen LogP) is 2.38. The van der Waals surface area contributed by atoms with E-state index in [4.69, 9.17) is 4.55 Å². The number of thiol groups is 1. The Hall–Kier alpha value is -1.04. The molecule has 0 bridgehead atoms. The third-order valence-electron chi connectivity index (χ3n) is 2.09. The van der Waals surface area contributed by atoms with Crippen LogP contribution in [0.3, 0.4) is 0 Å². The lowest BCUT2D eigenvalue weighted by Crippen LogP contribution is -1.99.